The second-order valence-electron chi connectivity index (χ2n) is 3.86. The molecule has 6 heteroatoms. The highest BCUT2D eigenvalue weighted by Gasteiger charge is 2.17. The van der Waals surface area contributed by atoms with Gasteiger partial charge in [-0.25, -0.2) is 4.39 Å². The third kappa shape index (κ3) is 2.93. The number of nitro benzene ring substituents is 1. The van der Waals surface area contributed by atoms with E-state index >= 15 is 0 Å². The normalized spacial score (nSPS) is 10.5. The molecule has 0 aliphatic heterocycles. The maximum Gasteiger partial charge on any atom is 0.270 e. The maximum atomic E-state index is 14.2. The van der Waals surface area contributed by atoms with Crippen LogP contribution in [0.4, 0.5) is 10.1 Å². The molecular formula is C13H8BrClFNO2. The minimum Gasteiger partial charge on any atom is -0.258 e. The van der Waals surface area contributed by atoms with Crippen molar-refractivity contribution in [1.82, 2.24) is 0 Å². The number of rotatable bonds is 3. The van der Waals surface area contributed by atoms with Crippen molar-refractivity contribution in [2.75, 3.05) is 0 Å². The van der Waals surface area contributed by atoms with Gasteiger partial charge in [0.15, 0.2) is 0 Å². The molecule has 0 atom stereocenters. The number of alkyl halides is 1. The molecule has 0 saturated carbocycles. The van der Waals surface area contributed by atoms with Crippen molar-refractivity contribution in [3.63, 3.8) is 0 Å². The van der Waals surface area contributed by atoms with Gasteiger partial charge in [0.05, 0.1) is 4.92 Å². The molecule has 0 heterocycles. The Labute approximate surface area is 122 Å². The van der Waals surface area contributed by atoms with Gasteiger partial charge in [-0.05, 0) is 17.7 Å². The average molecular weight is 345 g/mol. The van der Waals surface area contributed by atoms with Crippen LogP contribution in [0.25, 0.3) is 11.1 Å². The zero-order valence-electron chi connectivity index (χ0n) is 9.57. The number of hydrogen-bond acceptors (Lipinski definition) is 2. The Bertz CT molecular complexity index is 631. The zero-order chi connectivity index (χ0) is 14.0. The number of non-ortho nitro benzene ring substituents is 1. The van der Waals surface area contributed by atoms with Crippen molar-refractivity contribution in [2.45, 2.75) is 5.33 Å². The van der Waals surface area contributed by atoms with Crippen LogP contribution in [0.3, 0.4) is 0 Å². The number of nitrogens with zero attached hydrogens (tertiary/aromatic N) is 1. The molecule has 0 N–H and O–H groups in total. The van der Waals surface area contributed by atoms with E-state index < -0.39 is 10.7 Å². The minimum atomic E-state index is -0.537. The topological polar surface area (TPSA) is 43.1 Å². The lowest BCUT2D eigenvalue weighted by molar-refractivity contribution is -0.384. The van der Waals surface area contributed by atoms with Crippen LogP contribution in [0.1, 0.15) is 5.56 Å². The van der Waals surface area contributed by atoms with E-state index in [1.165, 1.54) is 12.1 Å². The van der Waals surface area contributed by atoms with Crippen LogP contribution < -0.4 is 0 Å². The summed E-state index contributed by atoms with van der Waals surface area (Å²) < 4.78 is 14.2. The van der Waals surface area contributed by atoms with Gasteiger partial charge in [0.2, 0.25) is 0 Å². The van der Waals surface area contributed by atoms with E-state index in [0.29, 0.717) is 10.6 Å². The molecular weight excluding hydrogens is 337 g/mol. The van der Waals surface area contributed by atoms with Gasteiger partial charge in [-0.1, -0.05) is 39.7 Å². The smallest absolute Gasteiger partial charge is 0.258 e. The first-order valence-corrected chi connectivity index (χ1v) is 6.81. The molecule has 2 aromatic rings. The second-order valence-corrected chi connectivity index (χ2v) is 4.86. The largest absolute Gasteiger partial charge is 0.270 e. The number of nitro groups is 1. The number of halogens is 3. The average Bonchev–Trinajstić information content (AvgIpc) is 2.40. The van der Waals surface area contributed by atoms with Crippen LogP contribution in [0.15, 0.2) is 36.4 Å². The molecule has 0 fully saturated rings. The van der Waals surface area contributed by atoms with E-state index in [1.807, 2.05) is 0 Å². The van der Waals surface area contributed by atoms with Gasteiger partial charge in [-0.15, -0.1) is 0 Å². The molecule has 2 rings (SSSR count). The first-order chi connectivity index (χ1) is 9.02. The van der Waals surface area contributed by atoms with Crippen molar-refractivity contribution in [3.8, 4) is 11.1 Å². The van der Waals surface area contributed by atoms with E-state index in [1.54, 1.807) is 24.3 Å². The van der Waals surface area contributed by atoms with Gasteiger partial charge in [0.1, 0.15) is 5.82 Å². The van der Waals surface area contributed by atoms with E-state index in [4.69, 9.17) is 11.6 Å². The first kappa shape index (κ1) is 14.0. The van der Waals surface area contributed by atoms with Crippen LogP contribution in [0.2, 0.25) is 5.02 Å². The Balaban J connectivity index is 2.64. The van der Waals surface area contributed by atoms with Crippen molar-refractivity contribution in [3.05, 3.63) is 62.9 Å². The van der Waals surface area contributed by atoms with Crippen molar-refractivity contribution >= 4 is 33.2 Å². The molecule has 19 heavy (non-hydrogen) atoms. The summed E-state index contributed by atoms with van der Waals surface area (Å²) >= 11 is 8.90. The second kappa shape index (κ2) is 5.67. The zero-order valence-corrected chi connectivity index (χ0v) is 11.9. The summed E-state index contributed by atoms with van der Waals surface area (Å²) in [4.78, 5) is 10.3. The van der Waals surface area contributed by atoms with Gasteiger partial charge in [0.25, 0.3) is 5.69 Å². The maximum absolute atomic E-state index is 14.2. The SMILES string of the molecule is O=[N+]([O-])c1cc(CBr)c(F)c(-c2ccc(Cl)cc2)c1. The van der Waals surface area contributed by atoms with Crippen molar-refractivity contribution < 1.29 is 9.31 Å². The molecule has 3 nitrogen and oxygen atoms in total. The van der Waals surface area contributed by atoms with Gasteiger partial charge >= 0.3 is 0 Å². The molecule has 0 radical (unpaired) electrons. The predicted octanol–water partition coefficient (Wildman–Crippen LogP) is 4.95. The van der Waals surface area contributed by atoms with Crippen LogP contribution in [0, 0.1) is 15.9 Å². The summed E-state index contributed by atoms with van der Waals surface area (Å²) in [6.07, 6.45) is 0. The van der Waals surface area contributed by atoms with Crippen LogP contribution in [0.5, 0.6) is 0 Å². The Hall–Kier alpha value is -1.46. The minimum absolute atomic E-state index is 0.138. The third-order valence-electron chi connectivity index (χ3n) is 2.64. The fourth-order valence-corrected chi connectivity index (χ4v) is 2.24. The van der Waals surface area contributed by atoms with Gasteiger partial charge in [-0.3, -0.25) is 10.1 Å². The summed E-state index contributed by atoms with van der Waals surface area (Å²) in [7, 11) is 0. The lowest BCUT2D eigenvalue weighted by Gasteiger charge is -2.07. The molecule has 0 spiro atoms. The summed E-state index contributed by atoms with van der Waals surface area (Å²) in [5.41, 5.74) is 0.855. The molecule has 2 aromatic carbocycles. The Morgan fingerprint density at radius 1 is 1.26 bits per heavy atom. The van der Waals surface area contributed by atoms with Crippen molar-refractivity contribution in [2.24, 2.45) is 0 Å². The highest BCUT2D eigenvalue weighted by atomic mass is 79.9. The van der Waals surface area contributed by atoms with Crippen molar-refractivity contribution in [1.29, 1.82) is 0 Å². The predicted molar refractivity (Wildman–Crippen MR) is 76.1 cm³/mol. The number of benzene rings is 2. The van der Waals surface area contributed by atoms with Crippen LogP contribution >= 0.6 is 27.5 Å². The lowest BCUT2D eigenvalue weighted by Crippen LogP contribution is -1.96. The van der Waals surface area contributed by atoms with E-state index in [-0.39, 0.29) is 22.1 Å². The molecule has 0 amide bonds. The van der Waals surface area contributed by atoms with E-state index in [9.17, 15) is 14.5 Å². The standard InChI is InChI=1S/C13H8BrClFNO2/c14-7-9-5-11(17(18)19)6-12(13(9)16)8-1-3-10(15)4-2-8/h1-6H,7H2. The summed E-state index contributed by atoms with van der Waals surface area (Å²) in [5.74, 6) is -0.468. The third-order valence-corrected chi connectivity index (χ3v) is 3.50. The molecule has 0 bridgehead atoms. The first-order valence-electron chi connectivity index (χ1n) is 5.31. The van der Waals surface area contributed by atoms with E-state index in [2.05, 4.69) is 15.9 Å². The van der Waals surface area contributed by atoms with Gasteiger partial charge in [-0.2, -0.15) is 0 Å². The molecule has 98 valence electrons. The fraction of sp³-hybridized carbons (Fsp3) is 0.0769. The van der Waals surface area contributed by atoms with E-state index in [0.717, 1.165) is 0 Å². The summed E-state index contributed by atoms with van der Waals surface area (Å²) in [6, 6.07) is 8.94. The highest BCUT2D eigenvalue weighted by Crippen LogP contribution is 2.31. The fourth-order valence-electron chi connectivity index (χ4n) is 1.71. The highest BCUT2D eigenvalue weighted by molar-refractivity contribution is 9.08. The van der Waals surface area contributed by atoms with Crippen LogP contribution in [-0.2, 0) is 5.33 Å². The van der Waals surface area contributed by atoms with Gasteiger partial charge < -0.3 is 0 Å². The summed E-state index contributed by atoms with van der Waals surface area (Å²) in [5, 5.41) is 11.6. The Morgan fingerprint density at radius 2 is 1.89 bits per heavy atom. The molecule has 0 aliphatic rings. The number of hydrogen-bond donors (Lipinski definition) is 0. The Morgan fingerprint density at radius 3 is 2.42 bits per heavy atom. The Kier molecular flexibility index (Phi) is 4.17. The molecule has 0 aliphatic carbocycles. The quantitative estimate of drug-likeness (QED) is 0.449. The molecule has 0 unspecified atom stereocenters. The van der Waals surface area contributed by atoms with Gasteiger partial charge in [0, 0.05) is 33.6 Å². The monoisotopic (exact) mass is 343 g/mol. The van der Waals surface area contributed by atoms with Crippen LogP contribution in [-0.4, -0.2) is 4.92 Å². The molecule has 0 saturated heterocycles. The molecule has 0 aromatic heterocycles. The lowest BCUT2D eigenvalue weighted by atomic mass is 10.0. The summed E-state index contributed by atoms with van der Waals surface area (Å²) in [6.45, 7) is 0.